The zero-order chi connectivity index (χ0) is 19.6. The van der Waals surface area contributed by atoms with Gasteiger partial charge in [0.05, 0.1) is 26.6 Å². The third-order valence-corrected chi connectivity index (χ3v) is 6.06. The van der Waals surface area contributed by atoms with E-state index in [4.69, 9.17) is 9.97 Å². The quantitative estimate of drug-likeness (QED) is 0.455. The smallest absolute Gasteiger partial charge is 0.225 e. The zero-order valence-corrected chi connectivity index (χ0v) is 17.0. The van der Waals surface area contributed by atoms with Crippen LogP contribution < -0.4 is 10.6 Å². The molecule has 4 aromatic rings. The van der Waals surface area contributed by atoms with E-state index >= 15 is 0 Å². The van der Waals surface area contributed by atoms with Gasteiger partial charge in [-0.3, -0.25) is 4.98 Å². The lowest BCUT2D eigenvalue weighted by Gasteiger charge is -2.14. The molecule has 0 bridgehead atoms. The Hall–Kier alpha value is -3.06. The van der Waals surface area contributed by atoms with Crippen LogP contribution in [0.15, 0.2) is 48.7 Å². The summed E-state index contributed by atoms with van der Waals surface area (Å²) in [6.07, 6.45) is 6.64. The predicted molar refractivity (Wildman–Crippen MR) is 119 cm³/mol. The molecular weight excluding hydrogens is 380 g/mol. The normalized spacial score (nSPS) is 14.4. The van der Waals surface area contributed by atoms with Crippen LogP contribution in [0.5, 0.6) is 0 Å². The number of nitrogens with one attached hydrogen (secondary N) is 2. The van der Waals surface area contributed by atoms with Crippen LogP contribution in [0.2, 0.25) is 0 Å². The first kappa shape index (κ1) is 18.0. The summed E-state index contributed by atoms with van der Waals surface area (Å²) in [6, 6.07) is 14.5. The summed E-state index contributed by atoms with van der Waals surface area (Å²) < 4.78 is 1.19. The van der Waals surface area contributed by atoms with Gasteiger partial charge in [0.25, 0.3) is 0 Å². The molecule has 1 aromatic carbocycles. The Morgan fingerprint density at radius 2 is 1.86 bits per heavy atom. The van der Waals surface area contributed by atoms with Crippen LogP contribution in [-0.4, -0.2) is 26.0 Å². The summed E-state index contributed by atoms with van der Waals surface area (Å²) in [5.41, 5.74) is 3.59. The average Bonchev–Trinajstić information content (AvgIpc) is 3.36. The molecule has 0 aliphatic heterocycles. The number of benzene rings is 1. The van der Waals surface area contributed by atoms with Crippen LogP contribution in [0.1, 0.15) is 30.7 Å². The standard InChI is InChI=1S/C22H22N6S/c1-14-24-19-12-16(9-10-20(19)29-14)25-21-13-18(17-8-4-5-11-23-17)27-22(28-21)26-15-6-2-3-7-15/h4-5,8-13,15H,2-3,6-7H2,1H3,(H2,25,26,27,28). The van der Waals surface area contributed by atoms with Crippen LogP contribution in [0.3, 0.4) is 0 Å². The molecular formula is C22H22N6S. The molecule has 1 saturated carbocycles. The lowest BCUT2D eigenvalue weighted by atomic mass is 10.2. The van der Waals surface area contributed by atoms with Crippen molar-refractivity contribution in [1.29, 1.82) is 0 Å². The van der Waals surface area contributed by atoms with Gasteiger partial charge >= 0.3 is 0 Å². The number of pyridine rings is 1. The molecule has 0 unspecified atom stereocenters. The van der Waals surface area contributed by atoms with Crippen molar-refractivity contribution >= 4 is 39.0 Å². The molecule has 3 heterocycles. The van der Waals surface area contributed by atoms with Crippen LogP contribution in [0.25, 0.3) is 21.6 Å². The molecule has 1 aliphatic rings. The molecule has 2 N–H and O–H groups in total. The number of hydrogen-bond donors (Lipinski definition) is 2. The SMILES string of the molecule is Cc1nc2cc(Nc3cc(-c4ccccn4)nc(NC4CCCC4)n3)ccc2s1. The fourth-order valence-corrected chi connectivity index (χ4v) is 4.55. The van der Waals surface area contributed by atoms with Gasteiger partial charge in [0, 0.05) is 24.0 Å². The van der Waals surface area contributed by atoms with E-state index in [1.54, 1.807) is 17.5 Å². The van der Waals surface area contributed by atoms with Crippen molar-refractivity contribution < 1.29 is 0 Å². The molecule has 0 spiro atoms. The number of anilines is 3. The highest BCUT2D eigenvalue weighted by molar-refractivity contribution is 7.18. The Labute approximate surface area is 173 Å². The van der Waals surface area contributed by atoms with Crippen LogP contribution in [0.4, 0.5) is 17.5 Å². The van der Waals surface area contributed by atoms with Gasteiger partial charge in [-0.25, -0.2) is 9.97 Å². The van der Waals surface area contributed by atoms with E-state index in [-0.39, 0.29) is 0 Å². The molecule has 0 radical (unpaired) electrons. The molecule has 7 heteroatoms. The molecule has 1 aliphatic carbocycles. The number of fused-ring (bicyclic) bond motifs is 1. The Morgan fingerprint density at radius 3 is 2.69 bits per heavy atom. The van der Waals surface area contributed by atoms with E-state index in [0.29, 0.717) is 12.0 Å². The number of aromatic nitrogens is 4. The van der Waals surface area contributed by atoms with Crippen molar-refractivity contribution in [2.45, 2.75) is 38.6 Å². The van der Waals surface area contributed by atoms with Crippen molar-refractivity contribution in [3.8, 4) is 11.4 Å². The number of nitrogens with zero attached hydrogens (tertiary/aromatic N) is 4. The third-order valence-electron chi connectivity index (χ3n) is 5.11. The molecule has 1 fully saturated rings. The lowest BCUT2D eigenvalue weighted by molar-refractivity contribution is 0.744. The predicted octanol–water partition coefficient (Wildman–Crippen LogP) is 5.55. The highest BCUT2D eigenvalue weighted by Crippen LogP contribution is 2.28. The molecule has 29 heavy (non-hydrogen) atoms. The van der Waals surface area contributed by atoms with E-state index in [0.717, 1.165) is 33.4 Å². The number of hydrogen-bond acceptors (Lipinski definition) is 7. The second kappa shape index (κ2) is 7.75. The van der Waals surface area contributed by atoms with Crippen molar-refractivity contribution in [3.05, 3.63) is 53.7 Å². The van der Waals surface area contributed by atoms with Crippen molar-refractivity contribution in [1.82, 2.24) is 19.9 Å². The van der Waals surface area contributed by atoms with Crippen molar-refractivity contribution in [2.24, 2.45) is 0 Å². The minimum atomic E-state index is 0.441. The maximum absolute atomic E-state index is 4.73. The van der Waals surface area contributed by atoms with Crippen LogP contribution >= 0.6 is 11.3 Å². The highest BCUT2D eigenvalue weighted by atomic mass is 32.1. The van der Waals surface area contributed by atoms with Gasteiger partial charge in [-0.15, -0.1) is 11.3 Å². The molecule has 3 aromatic heterocycles. The number of rotatable bonds is 5. The summed E-state index contributed by atoms with van der Waals surface area (Å²) in [6.45, 7) is 2.03. The van der Waals surface area contributed by atoms with E-state index in [9.17, 15) is 0 Å². The Morgan fingerprint density at radius 1 is 0.966 bits per heavy atom. The summed E-state index contributed by atoms with van der Waals surface area (Å²) in [4.78, 5) is 18.5. The topological polar surface area (TPSA) is 75.6 Å². The Bertz CT molecular complexity index is 1130. The van der Waals surface area contributed by atoms with Gasteiger partial charge in [-0.2, -0.15) is 4.98 Å². The van der Waals surface area contributed by atoms with Gasteiger partial charge in [0.1, 0.15) is 5.82 Å². The van der Waals surface area contributed by atoms with E-state index in [1.165, 1.54) is 30.4 Å². The summed E-state index contributed by atoms with van der Waals surface area (Å²) in [7, 11) is 0. The van der Waals surface area contributed by atoms with E-state index < -0.39 is 0 Å². The zero-order valence-electron chi connectivity index (χ0n) is 16.2. The van der Waals surface area contributed by atoms with Gasteiger partial charge in [0.2, 0.25) is 5.95 Å². The van der Waals surface area contributed by atoms with Gasteiger partial charge < -0.3 is 10.6 Å². The monoisotopic (exact) mass is 402 g/mol. The molecule has 0 atom stereocenters. The first-order valence-corrected chi connectivity index (χ1v) is 10.8. The maximum atomic E-state index is 4.73. The average molecular weight is 403 g/mol. The van der Waals surface area contributed by atoms with E-state index in [1.807, 2.05) is 31.2 Å². The first-order chi connectivity index (χ1) is 14.2. The molecule has 0 amide bonds. The lowest BCUT2D eigenvalue weighted by Crippen LogP contribution is -2.17. The minimum Gasteiger partial charge on any atom is -0.351 e. The molecule has 0 saturated heterocycles. The Balaban J connectivity index is 1.49. The van der Waals surface area contributed by atoms with E-state index in [2.05, 4.69) is 38.8 Å². The second-order valence-electron chi connectivity index (χ2n) is 7.34. The highest BCUT2D eigenvalue weighted by Gasteiger charge is 2.17. The molecule has 5 rings (SSSR count). The molecule has 146 valence electrons. The second-order valence-corrected chi connectivity index (χ2v) is 8.58. The molecule has 6 nitrogen and oxygen atoms in total. The van der Waals surface area contributed by atoms with Crippen LogP contribution in [-0.2, 0) is 0 Å². The number of aryl methyl sites for hydroxylation is 1. The number of thiazole rings is 1. The largest absolute Gasteiger partial charge is 0.351 e. The first-order valence-electron chi connectivity index (χ1n) is 9.94. The Kier molecular flexibility index (Phi) is 4.81. The summed E-state index contributed by atoms with van der Waals surface area (Å²) >= 11 is 1.70. The minimum absolute atomic E-state index is 0.441. The van der Waals surface area contributed by atoms with Crippen molar-refractivity contribution in [2.75, 3.05) is 10.6 Å². The third kappa shape index (κ3) is 4.05. The summed E-state index contributed by atoms with van der Waals surface area (Å²) in [5, 5.41) is 8.01. The maximum Gasteiger partial charge on any atom is 0.225 e. The fourth-order valence-electron chi connectivity index (χ4n) is 3.74. The van der Waals surface area contributed by atoms with Gasteiger partial charge in [-0.05, 0) is 50.1 Å². The van der Waals surface area contributed by atoms with Crippen molar-refractivity contribution in [3.63, 3.8) is 0 Å². The fraction of sp³-hybridized carbons (Fsp3) is 0.273. The van der Waals surface area contributed by atoms with Crippen LogP contribution in [0, 0.1) is 6.92 Å². The van der Waals surface area contributed by atoms with Gasteiger partial charge in [-0.1, -0.05) is 18.9 Å². The van der Waals surface area contributed by atoms with Gasteiger partial charge in [0.15, 0.2) is 0 Å². The summed E-state index contributed by atoms with van der Waals surface area (Å²) in [5.74, 6) is 1.39.